The van der Waals surface area contributed by atoms with E-state index in [1.165, 1.54) is 12.1 Å². The number of hydrogen-bond donors (Lipinski definition) is 3. The molecule has 0 heterocycles. The van der Waals surface area contributed by atoms with Crippen LogP contribution in [0.4, 0.5) is 14.9 Å². The molecule has 22 heavy (non-hydrogen) atoms. The number of rotatable bonds is 4. The maximum Gasteiger partial charge on any atom is 0.409 e. The van der Waals surface area contributed by atoms with Gasteiger partial charge in [-0.3, -0.25) is 10.1 Å². The van der Waals surface area contributed by atoms with Crippen molar-refractivity contribution in [1.82, 2.24) is 0 Å². The van der Waals surface area contributed by atoms with Crippen LogP contribution in [0.3, 0.4) is 0 Å². The first-order valence-corrected chi connectivity index (χ1v) is 6.54. The highest BCUT2D eigenvalue weighted by Gasteiger charge is 2.20. The molecule has 0 unspecified atom stereocenters. The number of amides is 1. The SMILES string of the molecule is O=C(O)Nc1cc(CO)c(F)cc1C(=O)c1ccccc1Cl. The molecular weight excluding hydrogens is 313 g/mol. The van der Waals surface area contributed by atoms with Crippen LogP contribution in [0.1, 0.15) is 21.5 Å². The molecule has 3 N–H and O–H groups in total. The van der Waals surface area contributed by atoms with E-state index in [-0.39, 0.29) is 27.4 Å². The largest absolute Gasteiger partial charge is 0.465 e. The number of carbonyl (C=O) groups is 2. The molecule has 7 heteroatoms. The lowest BCUT2D eigenvalue weighted by Gasteiger charge is -2.12. The van der Waals surface area contributed by atoms with Crippen molar-refractivity contribution in [2.24, 2.45) is 0 Å². The number of aliphatic hydroxyl groups excluding tert-OH is 1. The Morgan fingerprint density at radius 2 is 1.86 bits per heavy atom. The van der Waals surface area contributed by atoms with Crippen LogP contribution < -0.4 is 5.32 Å². The van der Waals surface area contributed by atoms with E-state index < -0.39 is 24.3 Å². The Morgan fingerprint density at radius 3 is 2.45 bits per heavy atom. The van der Waals surface area contributed by atoms with E-state index in [9.17, 15) is 14.0 Å². The van der Waals surface area contributed by atoms with Crippen LogP contribution in [0.2, 0.25) is 5.02 Å². The minimum atomic E-state index is -1.41. The average Bonchev–Trinajstić information content (AvgIpc) is 2.48. The predicted molar refractivity (Wildman–Crippen MR) is 78.9 cm³/mol. The van der Waals surface area contributed by atoms with E-state index in [0.717, 1.165) is 12.1 Å². The topological polar surface area (TPSA) is 86.6 Å². The molecule has 0 radical (unpaired) electrons. The zero-order valence-corrected chi connectivity index (χ0v) is 11.9. The van der Waals surface area contributed by atoms with Gasteiger partial charge in [-0.2, -0.15) is 0 Å². The summed E-state index contributed by atoms with van der Waals surface area (Å²) in [5, 5.41) is 20.1. The van der Waals surface area contributed by atoms with Gasteiger partial charge in [0.25, 0.3) is 0 Å². The number of ketones is 1. The van der Waals surface area contributed by atoms with Gasteiger partial charge in [0.1, 0.15) is 5.82 Å². The van der Waals surface area contributed by atoms with Crippen molar-refractivity contribution in [1.29, 1.82) is 0 Å². The molecule has 0 saturated carbocycles. The van der Waals surface area contributed by atoms with Crippen molar-refractivity contribution < 1.29 is 24.2 Å². The molecule has 2 aromatic rings. The second-order valence-corrected chi connectivity index (χ2v) is 4.79. The van der Waals surface area contributed by atoms with Crippen molar-refractivity contribution in [3.63, 3.8) is 0 Å². The molecule has 1 amide bonds. The summed E-state index contributed by atoms with van der Waals surface area (Å²) in [7, 11) is 0. The molecule has 114 valence electrons. The Kier molecular flexibility index (Phi) is 4.75. The minimum Gasteiger partial charge on any atom is -0.465 e. The molecule has 2 rings (SSSR count). The van der Waals surface area contributed by atoms with Crippen molar-refractivity contribution >= 4 is 29.2 Å². The van der Waals surface area contributed by atoms with Crippen molar-refractivity contribution in [2.45, 2.75) is 6.61 Å². The van der Waals surface area contributed by atoms with Gasteiger partial charge in [-0.05, 0) is 24.3 Å². The lowest BCUT2D eigenvalue weighted by atomic mass is 9.99. The number of anilines is 1. The second kappa shape index (κ2) is 6.55. The standard InChI is InChI=1S/C15H11ClFNO4/c16-11-4-2-1-3-9(11)14(20)10-6-12(17)8(7-19)5-13(10)18-15(21)22/h1-6,18-19H,7H2,(H,21,22). The highest BCUT2D eigenvalue weighted by Crippen LogP contribution is 2.26. The zero-order valence-electron chi connectivity index (χ0n) is 11.1. The Bertz CT molecular complexity index is 748. The fourth-order valence-electron chi connectivity index (χ4n) is 1.94. The quantitative estimate of drug-likeness (QED) is 0.753. The summed E-state index contributed by atoms with van der Waals surface area (Å²) in [5.74, 6) is -1.44. The number of carboxylic acid groups (broad SMARTS) is 1. The fraction of sp³-hybridized carbons (Fsp3) is 0.0667. The molecule has 0 aliphatic rings. The molecule has 0 saturated heterocycles. The summed E-state index contributed by atoms with van der Waals surface area (Å²) in [5.41, 5.74) is -0.318. The van der Waals surface area contributed by atoms with E-state index in [1.54, 1.807) is 12.1 Å². The van der Waals surface area contributed by atoms with Gasteiger partial charge in [-0.15, -0.1) is 0 Å². The van der Waals surface area contributed by atoms with Gasteiger partial charge in [0, 0.05) is 16.7 Å². The summed E-state index contributed by atoms with van der Waals surface area (Å²) in [6.45, 7) is -0.624. The Hall–Kier alpha value is -2.44. The summed E-state index contributed by atoms with van der Waals surface area (Å²) in [6.07, 6.45) is -1.41. The number of benzene rings is 2. The van der Waals surface area contributed by atoms with Crippen molar-refractivity contribution in [3.8, 4) is 0 Å². The van der Waals surface area contributed by atoms with E-state index in [4.69, 9.17) is 21.8 Å². The van der Waals surface area contributed by atoms with Crippen LogP contribution in [0.5, 0.6) is 0 Å². The van der Waals surface area contributed by atoms with Crippen LogP contribution in [0, 0.1) is 5.82 Å². The minimum absolute atomic E-state index is 0.119. The van der Waals surface area contributed by atoms with Gasteiger partial charge < -0.3 is 10.2 Å². The molecule has 0 aromatic heterocycles. The molecule has 0 fully saturated rings. The van der Waals surface area contributed by atoms with Crippen molar-refractivity contribution in [3.05, 3.63) is 63.9 Å². The number of hydrogen-bond acceptors (Lipinski definition) is 3. The number of halogens is 2. The smallest absolute Gasteiger partial charge is 0.409 e. The molecular formula is C15H11ClFNO4. The normalized spacial score (nSPS) is 10.3. The molecule has 0 aliphatic heterocycles. The monoisotopic (exact) mass is 323 g/mol. The molecule has 0 bridgehead atoms. The van der Waals surface area contributed by atoms with Gasteiger partial charge in [0.05, 0.1) is 17.3 Å². The van der Waals surface area contributed by atoms with E-state index >= 15 is 0 Å². The third-order valence-corrected chi connectivity index (χ3v) is 3.29. The zero-order chi connectivity index (χ0) is 16.3. The lowest BCUT2D eigenvalue weighted by Crippen LogP contribution is -2.14. The maximum atomic E-state index is 13.8. The first kappa shape index (κ1) is 15.9. The lowest BCUT2D eigenvalue weighted by molar-refractivity contribution is 0.103. The van der Waals surface area contributed by atoms with Gasteiger partial charge >= 0.3 is 6.09 Å². The highest BCUT2D eigenvalue weighted by atomic mass is 35.5. The van der Waals surface area contributed by atoms with Gasteiger partial charge in [-0.25, -0.2) is 9.18 Å². The number of nitrogens with one attached hydrogen (secondary N) is 1. The summed E-state index contributed by atoms with van der Waals surface area (Å²) in [4.78, 5) is 23.3. The number of carbonyl (C=O) groups excluding carboxylic acids is 1. The molecule has 0 atom stereocenters. The van der Waals surface area contributed by atoms with Gasteiger partial charge in [0.15, 0.2) is 5.78 Å². The summed E-state index contributed by atoms with van der Waals surface area (Å²) >= 11 is 5.93. The highest BCUT2D eigenvalue weighted by molar-refractivity contribution is 6.35. The third kappa shape index (κ3) is 3.24. The van der Waals surface area contributed by atoms with Crippen LogP contribution in [-0.2, 0) is 6.61 Å². The third-order valence-electron chi connectivity index (χ3n) is 2.96. The van der Waals surface area contributed by atoms with Gasteiger partial charge in [-0.1, -0.05) is 23.7 Å². The maximum absolute atomic E-state index is 13.8. The van der Waals surface area contributed by atoms with Gasteiger partial charge in [0.2, 0.25) is 0 Å². The molecule has 2 aromatic carbocycles. The Labute approximate surface area is 130 Å². The Morgan fingerprint density at radius 1 is 1.18 bits per heavy atom. The Balaban J connectivity index is 2.58. The first-order chi connectivity index (χ1) is 10.4. The van der Waals surface area contributed by atoms with Crippen molar-refractivity contribution in [2.75, 3.05) is 5.32 Å². The summed E-state index contributed by atoms with van der Waals surface area (Å²) < 4.78 is 13.8. The number of aliphatic hydroxyl groups is 1. The predicted octanol–water partition coefficient (Wildman–Crippen LogP) is 3.29. The van der Waals surface area contributed by atoms with Crippen LogP contribution >= 0.6 is 11.6 Å². The van der Waals surface area contributed by atoms with E-state index in [0.29, 0.717) is 0 Å². The summed E-state index contributed by atoms with van der Waals surface area (Å²) in [6, 6.07) is 8.12. The average molecular weight is 324 g/mol. The van der Waals surface area contributed by atoms with E-state index in [1.807, 2.05) is 5.32 Å². The van der Waals surface area contributed by atoms with Crippen LogP contribution in [0.25, 0.3) is 0 Å². The molecule has 0 aliphatic carbocycles. The molecule has 5 nitrogen and oxygen atoms in total. The molecule has 0 spiro atoms. The fourth-order valence-corrected chi connectivity index (χ4v) is 2.16. The van der Waals surface area contributed by atoms with Crippen LogP contribution in [0.15, 0.2) is 36.4 Å². The first-order valence-electron chi connectivity index (χ1n) is 6.16. The van der Waals surface area contributed by atoms with Crippen LogP contribution in [-0.4, -0.2) is 22.1 Å². The second-order valence-electron chi connectivity index (χ2n) is 4.39. The van der Waals surface area contributed by atoms with E-state index in [2.05, 4.69) is 0 Å².